The van der Waals surface area contributed by atoms with Gasteiger partial charge in [-0.25, -0.2) is 0 Å². The molecule has 3 N–H and O–H groups in total. The Morgan fingerprint density at radius 2 is 2.33 bits per heavy atom. The fourth-order valence-electron chi connectivity index (χ4n) is 1.06. The number of hydrogen-bond donors (Lipinski definition) is 2. The molecule has 1 aromatic heterocycles. The Morgan fingerprint density at radius 3 is 2.92 bits per heavy atom. The van der Waals surface area contributed by atoms with Crippen molar-refractivity contribution in [2.24, 2.45) is 5.73 Å². The molecule has 0 aliphatic rings. The maximum atomic E-state index is 9.50. The minimum absolute atomic E-state index is 0.483. The van der Waals surface area contributed by atoms with Crippen molar-refractivity contribution in [3.05, 3.63) is 29.6 Å². The highest BCUT2D eigenvalue weighted by atomic mass is 16.3. The first kappa shape index (κ1) is 9.16. The van der Waals surface area contributed by atoms with Crippen LogP contribution in [0.3, 0.4) is 0 Å². The van der Waals surface area contributed by atoms with E-state index in [4.69, 9.17) is 5.73 Å². The summed E-state index contributed by atoms with van der Waals surface area (Å²) in [6.45, 7) is 2.38. The summed E-state index contributed by atoms with van der Waals surface area (Å²) in [6.07, 6.45) is 0.0473. The molecule has 0 radical (unpaired) electrons. The maximum absolute atomic E-state index is 9.50. The van der Waals surface area contributed by atoms with Crippen LogP contribution in [0, 0.1) is 6.92 Å². The molecule has 1 atom stereocenters. The third-order valence-corrected chi connectivity index (χ3v) is 1.69. The van der Waals surface area contributed by atoms with Gasteiger partial charge in [-0.1, -0.05) is 6.07 Å². The molecular formula is C9H14N2O. The highest BCUT2D eigenvalue weighted by molar-refractivity contribution is 5.11. The van der Waals surface area contributed by atoms with Gasteiger partial charge in [0.2, 0.25) is 0 Å². The predicted octanol–water partition coefficient (Wildman–Crippen LogP) is 0.772. The monoisotopic (exact) mass is 166 g/mol. The van der Waals surface area contributed by atoms with Gasteiger partial charge in [0.25, 0.3) is 0 Å². The number of nitrogens with two attached hydrogens (primary N) is 1. The van der Waals surface area contributed by atoms with Crippen LogP contribution in [-0.4, -0.2) is 16.6 Å². The largest absolute Gasteiger partial charge is 0.387 e. The SMILES string of the molecule is Cc1cccc([C@@H](O)CCN)n1. The zero-order chi connectivity index (χ0) is 8.97. The normalized spacial score (nSPS) is 12.9. The van der Waals surface area contributed by atoms with E-state index in [0.29, 0.717) is 18.7 Å². The summed E-state index contributed by atoms with van der Waals surface area (Å²) in [6, 6.07) is 5.60. The molecule has 0 spiro atoms. The molecule has 0 fully saturated rings. The third kappa shape index (κ3) is 2.29. The zero-order valence-electron chi connectivity index (χ0n) is 7.20. The second-order valence-electron chi connectivity index (χ2n) is 2.80. The summed E-state index contributed by atoms with van der Waals surface area (Å²) in [7, 11) is 0. The van der Waals surface area contributed by atoms with E-state index < -0.39 is 6.10 Å². The average molecular weight is 166 g/mol. The van der Waals surface area contributed by atoms with E-state index in [-0.39, 0.29) is 0 Å². The minimum Gasteiger partial charge on any atom is -0.387 e. The Kier molecular flexibility index (Phi) is 3.19. The van der Waals surface area contributed by atoms with Crippen LogP contribution in [0.1, 0.15) is 23.9 Å². The summed E-state index contributed by atoms with van der Waals surface area (Å²) in [5, 5.41) is 9.50. The molecule has 0 bridgehead atoms. The van der Waals surface area contributed by atoms with Crippen LogP contribution < -0.4 is 5.73 Å². The lowest BCUT2D eigenvalue weighted by atomic mass is 10.1. The number of aryl methyl sites for hydroxylation is 1. The Balaban J connectivity index is 2.73. The van der Waals surface area contributed by atoms with E-state index in [0.717, 1.165) is 5.69 Å². The van der Waals surface area contributed by atoms with Crippen LogP contribution in [0.25, 0.3) is 0 Å². The molecule has 3 heteroatoms. The molecule has 1 aromatic rings. The van der Waals surface area contributed by atoms with Gasteiger partial charge in [0.15, 0.2) is 0 Å². The molecule has 12 heavy (non-hydrogen) atoms. The van der Waals surface area contributed by atoms with Gasteiger partial charge in [-0.15, -0.1) is 0 Å². The Hall–Kier alpha value is -0.930. The van der Waals surface area contributed by atoms with Crippen LogP contribution in [-0.2, 0) is 0 Å². The molecule has 0 unspecified atom stereocenters. The van der Waals surface area contributed by atoms with Crippen molar-refractivity contribution in [1.82, 2.24) is 4.98 Å². The molecule has 0 aliphatic carbocycles. The number of hydrogen-bond acceptors (Lipinski definition) is 3. The van der Waals surface area contributed by atoms with Crippen molar-refractivity contribution in [2.75, 3.05) is 6.54 Å². The summed E-state index contributed by atoms with van der Waals surface area (Å²) < 4.78 is 0. The van der Waals surface area contributed by atoms with Crippen LogP contribution in [0.4, 0.5) is 0 Å². The van der Waals surface area contributed by atoms with Crippen LogP contribution in [0.5, 0.6) is 0 Å². The number of pyridine rings is 1. The van der Waals surface area contributed by atoms with Gasteiger partial charge in [-0.05, 0) is 32.0 Å². The van der Waals surface area contributed by atoms with Crippen molar-refractivity contribution in [3.8, 4) is 0 Å². The number of rotatable bonds is 3. The lowest BCUT2D eigenvalue weighted by molar-refractivity contribution is 0.165. The summed E-state index contributed by atoms with van der Waals surface area (Å²) in [5.41, 5.74) is 6.95. The van der Waals surface area contributed by atoms with Gasteiger partial charge in [0.1, 0.15) is 0 Å². The van der Waals surface area contributed by atoms with E-state index in [1.165, 1.54) is 0 Å². The number of aliphatic hydroxyl groups is 1. The molecule has 0 saturated heterocycles. The van der Waals surface area contributed by atoms with Gasteiger partial charge in [0, 0.05) is 5.69 Å². The Labute approximate surface area is 72.2 Å². The van der Waals surface area contributed by atoms with E-state index in [1.807, 2.05) is 25.1 Å². The zero-order valence-corrected chi connectivity index (χ0v) is 7.20. The summed E-state index contributed by atoms with van der Waals surface area (Å²) in [5.74, 6) is 0. The van der Waals surface area contributed by atoms with Crippen molar-refractivity contribution in [2.45, 2.75) is 19.4 Å². The molecule has 0 aliphatic heterocycles. The quantitative estimate of drug-likeness (QED) is 0.697. The van der Waals surface area contributed by atoms with Crippen molar-refractivity contribution >= 4 is 0 Å². The van der Waals surface area contributed by atoms with Crippen LogP contribution >= 0.6 is 0 Å². The molecule has 1 rings (SSSR count). The lowest BCUT2D eigenvalue weighted by Crippen LogP contribution is -2.08. The first-order valence-corrected chi connectivity index (χ1v) is 4.05. The second-order valence-corrected chi connectivity index (χ2v) is 2.80. The summed E-state index contributed by atoms with van der Waals surface area (Å²) in [4.78, 5) is 4.19. The van der Waals surface area contributed by atoms with Crippen molar-refractivity contribution in [3.63, 3.8) is 0 Å². The van der Waals surface area contributed by atoms with Crippen molar-refractivity contribution in [1.29, 1.82) is 0 Å². The summed E-state index contributed by atoms with van der Waals surface area (Å²) >= 11 is 0. The number of aromatic nitrogens is 1. The van der Waals surface area contributed by atoms with E-state index in [2.05, 4.69) is 4.98 Å². The molecule has 3 nitrogen and oxygen atoms in total. The Morgan fingerprint density at radius 1 is 1.58 bits per heavy atom. The van der Waals surface area contributed by atoms with Crippen molar-refractivity contribution < 1.29 is 5.11 Å². The highest BCUT2D eigenvalue weighted by Crippen LogP contribution is 2.12. The first-order valence-electron chi connectivity index (χ1n) is 4.05. The second kappa shape index (κ2) is 4.18. The van der Waals surface area contributed by atoms with Crippen LogP contribution in [0.2, 0.25) is 0 Å². The fourth-order valence-corrected chi connectivity index (χ4v) is 1.06. The van der Waals surface area contributed by atoms with Gasteiger partial charge in [0.05, 0.1) is 11.8 Å². The van der Waals surface area contributed by atoms with Gasteiger partial charge < -0.3 is 10.8 Å². The van der Waals surface area contributed by atoms with E-state index >= 15 is 0 Å². The fraction of sp³-hybridized carbons (Fsp3) is 0.444. The topological polar surface area (TPSA) is 59.1 Å². The molecule has 66 valence electrons. The van der Waals surface area contributed by atoms with Gasteiger partial charge in [-0.2, -0.15) is 0 Å². The molecule has 1 heterocycles. The first-order chi connectivity index (χ1) is 5.74. The predicted molar refractivity (Wildman–Crippen MR) is 47.6 cm³/mol. The molecule has 0 amide bonds. The number of nitrogens with zero attached hydrogens (tertiary/aromatic N) is 1. The standard InChI is InChI=1S/C9H14N2O/c1-7-3-2-4-8(11-7)9(12)5-6-10/h2-4,9,12H,5-6,10H2,1H3/t9-/m0/s1. The smallest absolute Gasteiger partial charge is 0.0971 e. The molecule has 0 aromatic carbocycles. The molecule has 0 saturated carbocycles. The maximum Gasteiger partial charge on any atom is 0.0971 e. The molecular weight excluding hydrogens is 152 g/mol. The Bertz CT molecular complexity index is 250. The van der Waals surface area contributed by atoms with Crippen LogP contribution in [0.15, 0.2) is 18.2 Å². The third-order valence-electron chi connectivity index (χ3n) is 1.69. The number of aliphatic hydroxyl groups excluding tert-OH is 1. The average Bonchev–Trinajstić information content (AvgIpc) is 2.05. The van der Waals surface area contributed by atoms with Gasteiger partial charge >= 0.3 is 0 Å². The lowest BCUT2D eigenvalue weighted by Gasteiger charge is -2.08. The highest BCUT2D eigenvalue weighted by Gasteiger charge is 2.06. The van der Waals surface area contributed by atoms with Gasteiger partial charge in [-0.3, -0.25) is 4.98 Å². The van der Waals surface area contributed by atoms with E-state index in [1.54, 1.807) is 0 Å². The van der Waals surface area contributed by atoms with E-state index in [9.17, 15) is 5.11 Å². The minimum atomic E-state index is -0.519.